The van der Waals surface area contributed by atoms with Gasteiger partial charge in [0.05, 0.1) is 5.75 Å². The quantitative estimate of drug-likeness (QED) is 0.687. The van der Waals surface area contributed by atoms with E-state index in [-0.39, 0.29) is 23.5 Å². The summed E-state index contributed by atoms with van der Waals surface area (Å²) in [6.45, 7) is 3.76. The fourth-order valence-corrected chi connectivity index (χ4v) is 5.68. The van der Waals surface area contributed by atoms with E-state index in [1.54, 1.807) is 13.0 Å². The van der Waals surface area contributed by atoms with Gasteiger partial charge in [-0.15, -0.1) is 0 Å². The molecular weight excluding hydrogens is 411 g/mol. The molecule has 0 atom stereocenters. The first-order valence-electron chi connectivity index (χ1n) is 10.1. The molecule has 0 bridgehead atoms. The first-order chi connectivity index (χ1) is 14.3. The summed E-state index contributed by atoms with van der Waals surface area (Å²) in [5.74, 6) is 0.936. The van der Waals surface area contributed by atoms with E-state index >= 15 is 0 Å². The van der Waals surface area contributed by atoms with Crippen LogP contribution in [0.25, 0.3) is 0 Å². The summed E-state index contributed by atoms with van der Waals surface area (Å²) < 4.78 is 45.1. The third kappa shape index (κ3) is 4.70. The lowest BCUT2D eigenvalue weighted by molar-refractivity contribution is -0.129. The second-order valence-corrected chi connectivity index (χ2v) is 10.1. The van der Waals surface area contributed by atoms with Gasteiger partial charge in [-0.3, -0.25) is 4.79 Å². The zero-order valence-corrected chi connectivity index (χ0v) is 17.6. The molecule has 1 aromatic carbocycles. The minimum absolute atomic E-state index is 0.0872. The molecule has 0 aliphatic carbocycles. The Bertz CT molecular complexity index is 1010. The number of hydrogen-bond donors (Lipinski definition) is 0. The summed E-state index contributed by atoms with van der Waals surface area (Å²) in [7, 11) is -3.47. The minimum atomic E-state index is -3.47. The number of sulfonamides is 1. The van der Waals surface area contributed by atoms with Crippen LogP contribution in [0.1, 0.15) is 43.0 Å². The fourth-order valence-electron chi connectivity index (χ4n) is 4.02. The van der Waals surface area contributed by atoms with Gasteiger partial charge in [0.15, 0.2) is 5.82 Å². The molecule has 0 N–H and O–H groups in total. The zero-order valence-electron chi connectivity index (χ0n) is 16.8. The molecule has 2 aromatic rings. The Hall–Kier alpha value is -2.33. The normalized spacial score (nSPS) is 19.1. The van der Waals surface area contributed by atoms with Gasteiger partial charge in [0.2, 0.25) is 21.8 Å². The fraction of sp³-hybridized carbons (Fsp3) is 0.550. The molecule has 1 aromatic heterocycles. The average molecular weight is 437 g/mol. The Balaban J connectivity index is 1.27. The number of aromatic nitrogens is 2. The number of amides is 1. The largest absolute Gasteiger partial charge is 0.343 e. The number of carbonyl (C=O) groups excluding carboxylic acids is 1. The number of piperidine rings is 1. The van der Waals surface area contributed by atoms with Gasteiger partial charge in [-0.1, -0.05) is 17.3 Å². The number of rotatable bonds is 6. The van der Waals surface area contributed by atoms with Crippen molar-refractivity contribution in [3.05, 3.63) is 47.4 Å². The summed E-state index contributed by atoms with van der Waals surface area (Å²) in [5, 5.41) is 4.10. The first kappa shape index (κ1) is 20.9. The van der Waals surface area contributed by atoms with Crippen LogP contribution in [-0.2, 0) is 27.0 Å². The monoisotopic (exact) mass is 436 g/mol. The van der Waals surface area contributed by atoms with Gasteiger partial charge in [0, 0.05) is 45.4 Å². The van der Waals surface area contributed by atoms with Crippen LogP contribution in [0, 0.1) is 11.7 Å². The van der Waals surface area contributed by atoms with Crippen molar-refractivity contribution in [1.29, 1.82) is 0 Å². The van der Waals surface area contributed by atoms with Crippen molar-refractivity contribution < 1.29 is 22.1 Å². The number of hydrogen-bond acceptors (Lipinski definition) is 6. The molecule has 0 spiro atoms. The molecule has 10 heteroatoms. The van der Waals surface area contributed by atoms with Crippen LogP contribution in [-0.4, -0.2) is 59.8 Å². The summed E-state index contributed by atoms with van der Waals surface area (Å²) in [6.07, 6.45) is 2.16. The molecule has 2 aliphatic rings. The molecule has 2 aliphatic heterocycles. The molecular formula is C20H25FN4O4S. The van der Waals surface area contributed by atoms with E-state index < -0.39 is 15.8 Å². The van der Waals surface area contributed by atoms with E-state index in [1.807, 2.05) is 4.90 Å². The van der Waals surface area contributed by atoms with Crippen LogP contribution in [0.5, 0.6) is 0 Å². The Labute approximate surface area is 175 Å². The summed E-state index contributed by atoms with van der Waals surface area (Å²) in [6, 6.07) is 5.66. The highest BCUT2D eigenvalue weighted by molar-refractivity contribution is 7.88. The molecule has 2 fully saturated rings. The van der Waals surface area contributed by atoms with Crippen molar-refractivity contribution >= 4 is 15.9 Å². The van der Waals surface area contributed by atoms with Gasteiger partial charge >= 0.3 is 0 Å². The van der Waals surface area contributed by atoms with E-state index in [2.05, 4.69) is 10.1 Å². The van der Waals surface area contributed by atoms with E-state index in [9.17, 15) is 17.6 Å². The molecule has 30 heavy (non-hydrogen) atoms. The van der Waals surface area contributed by atoms with Gasteiger partial charge in [0.25, 0.3) is 0 Å². The smallest absolute Gasteiger partial charge is 0.227 e. The maximum absolute atomic E-state index is 13.3. The number of halogens is 1. The maximum atomic E-state index is 13.3. The van der Waals surface area contributed by atoms with Gasteiger partial charge in [-0.2, -0.15) is 4.98 Å². The lowest BCUT2D eigenvalue weighted by atomic mass is 9.96. The standard InChI is InChI=1S/C20H25FN4O4S/c1-14(26)24-7-5-17(6-8-24)20-22-19(29-23-20)10-16-11-25(12-16)30(27,28)13-15-3-2-4-18(21)9-15/h2-4,9,16-17H,5-8,10-13H2,1H3. The van der Waals surface area contributed by atoms with Crippen molar-refractivity contribution in [2.45, 2.75) is 37.9 Å². The molecule has 0 unspecified atom stereocenters. The maximum Gasteiger partial charge on any atom is 0.227 e. The van der Waals surface area contributed by atoms with Crippen LogP contribution in [0.15, 0.2) is 28.8 Å². The van der Waals surface area contributed by atoms with Gasteiger partial charge in [0.1, 0.15) is 5.82 Å². The third-order valence-corrected chi connectivity index (χ3v) is 7.59. The predicted molar refractivity (Wildman–Crippen MR) is 106 cm³/mol. The Morgan fingerprint density at radius 1 is 1.27 bits per heavy atom. The molecule has 3 heterocycles. The van der Waals surface area contributed by atoms with E-state index in [1.165, 1.54) is 22.5 Å². The molecule has 0 radical (unpaired) electrons. The lowest BCUT2D eigenvalue weighted by Crippen LogP contribution is -2.51. The average Bonchev–Trinajstić information content (AvgIpc) is 3.12. The van der Waals surface area contributed by atoms with Gasteiger partial charge in [-0.25, -0.2) is 17.1 Å². The van der Waals surface area contributed by atoms with Crippen molar-refractivity contribution in [1.82, 2.24) is 19.3 Å². The van der Waals surface area contributed by atoms with Gasteiger partial charge in [-0.05, 0) is 36.5 Å². The minimum Gasteiger partial charge on any atom is -0.343 e. The zero-order chi connectivity index (χ0) is 21.3. The first-order valence-corrected chi connectivity index (χ1v) is 11.7. The summed E-state index contributed by atoms with van der Waals surface area (Å²) in [5.41, 5.74) is 0.441. The van der Waals surface area contributed by atoms with E-state index in [0.29, 0.717) is 49.9 Å². The van der Waals surface area contributed by atoms with Crippen LogP contribution < -0.4 is 0 Å². The van der Waals surface area contributed by atoms with Crippen LogP contribution >= 0.6 is 0 Å². The summed E-state index contributed by atoms with van der Waals surface area (Å²) >= 11 is 0. The molecule has 8 nitrogen and oxygen atoms in total. The van der Waals surface area contributed by atoms with Crippen molar-refractivity contribution in [2.75, 3.05) is 26.2 Å². The number of likely N-dealkylation sites (tertiary alicyclic amines) is 1. The summed E-state index contributed by atoms with van der Waals surface area (Å²) in [4.78, 5) is 17.8. The molecule has 2 saturated heterocycles. The number of nitrogens with zero attached hydrogens (tertiary/aromatic N) is 4. The Morgan fingerprint density at radius 3 is 2.67 bits per heavy atom. The molecule has 1 amide bonds. The highest BCUT2D eigenvalue weighted by atomic mass is 32.2. The van der Waals surface area contributed by atoms with Crippen LogP contribution in [0.4, 0.5) is 4.39 Å². The lowest BCUT2D eigenvalue weighted by Gasteiger charge is -2.37. The second kappa shape index (κ2) is 8.43. The van der Waals surface area contributed by atoms with Crippen molar-refractivity contribution in [3.63, 3.8) is 0 Å². The molecule has 0 saturated carbocycles. The number of carbonyl (C=O) groups is 1. The highest BCUT2D eigenvalue weighted by Crippen LogP contribution is 2.28. The van der Waals surface area contributed by atoms with E-state index in [0.717, 1.165) is 12.8 Å². The van der Waals surface area contributed by atoms with Gasteiger partial charge < -0.3 is 9.42 Å². The molecule has 162 valence electrons. The van der Waals surface area contributed by atoms with Crippen molar-refractivity contribution in [3.8, 4) is 0 Å². The van der Waals surface area contributed by atoms with Crippen LogP contribution in [0.2, 0.25) is 0 Å². The van der Waals surface area contributed by atoms with E-state index in [4.69, 9.17) is 4.52 Å². The van der Waals surface area contributed by atoms with Crippen LogP contribution in [0.3, 0.4) is 0 Å². The Morgan fingerprint density at radius 2 is 2.00 bits per heavy atom. The second-order valence-electron chi connectivity index (χ2n) is 8.10. The SMILES string of the molecule is CC(=O)N1CCC(c2noc(CC3CN(S(=O)(=O)Cc4cccc(F)c4)C3)n2)CC1. The van der Waals surface area contributed by atoms with Crippen molar-refractivity contribution in [2.24, 2.45) is 5.92 Å². The third-order valence-electron chi connectivity index (χ3n) is 5.81. The molecule has 4 rings (SSSR count). The topological polar surface area (TPSA) is 96.6 Å². The highest BCUT2D eigenvalue weighted by Gasteiger charge is 2.37. The Kier molecular flexibility index (Phi) is 5.88. The number of benzene rings is 1. The predicted octanol–water partition coefficient (Wildman–Crippen LogP) is 1.94.